The van der Waals surface area contributed by atoms with Crippen LogP contribution in [0, 0.1) is 0 Å². The molecule has 22 heavy (non-hydrogen) atoms. The third-order valence-corrected chi connectivity index (χ3v) is 4.76. The van der Waals surface area contributed by atoms with Crippen LogP contribution in [0.1, 0.15) is 28.7 Å². The second-order valence-electron chi connectivity index (χ2n) is 6.23. The fourth-order valence-electron chi connectivity index (χ4n) is 3.52. The van der Waals surface area contributed by atoms with Gasteiger partial charge in [0.2, 0.25) is 5.91 Å². The molecule has 1 aliphatic heterocycles. The van der Waals surface area contributed by atoms with Gasteiger partial charge >= 0.3 is 0 Å². The van der Waals surface area contributed by atoms with Gasteiger partial charge in [-0.05, 0) is 60.1 Å². The molecule has 0 spiro atoms. The maximum absolute atomic E-state index is 12.5. The zero-order valence-electron chi connectivity index (χ0n) is 12.6. The average molecular weight is 292 g/mol. The Morgan fingerprint density at radius 2 is 1.82 bits per heavy atom. The number of benzene rings is 2. The number of rotatable bonds is 2. The Morgan fingerprint density at radius 3 is 2.73 bits per heavy atom. The van der Waals surface area contributed by atoms with E-state index in [0.29, 0.717) is 0 Å². The normalized spacial score (nSPS) is 19.4. The monoisotopic (exact) mass is 292 g/mol. The largest absolute Gasteiger partial charge is 0.325 e. The Balaban J connectivity index is 1.47. The SMILES string of the molecule is O=C(Nc1ccc2c(c1)CCC2)C1Cc2ccccc2CN1. The second-order valence-corrected chi connectivity index (χ2v) is 6.23. The molecule has 2 aromatic rings. The van der Waals surface area contributed by atoms with Gasteiger partial charge in [0.05, 0.1) is 6.04 Å². The molecular formula is C19H20N2O. The minimum absolute atomic E-state index is 0.0625. The molecule has 112 valence electrons. The fraction of sp³-hybridized carbons (Fsp3) is 0.316. The van der Waals surface area contributed by atoms with Crippen LogP contribution in [0.3, 0.4) is 0 Å². The summed E-state index contributed by atoms with van der Waals surface area (Å²) in [6.45, 7) is 0.762. The van der Waals surface area contributed by atoms with Crippen LogP contribution in [0.5, 0.6) is 0 Å². The van der Waals surface area contributed by atoms with Crippen molar-refractivity contribution >= 4 is 11.6 Å². The van der Waals surface area contributed by atoms with Crippen molar-refractivity contribution in [1.29, 1.82) is 0 Å². The molecule has 4 rings (SSSR count). The number of aryl methyl sites for hydroxylation is 2. The molecule has 0 bridgehead atoms. The third-order valence-electron chi connectivity index (χ3n) is 4.76. The molecule has 2 aliphatic rings. The van der Waals surface area contributed by atoms with Crippen molar-refractivity contribution in [1.82, 2.24) is 5.32 Å². The summed E-state index contributed by atoms with van der Waals surface area (Å²) in [5, 5.41) is 6.41. The Bertz CT molecular complexity index is 723. The van der Waals surface area contributed by atoms with Crippen LogP contribution in [-0.4, -0.2) is 11.9 Å². The van der Waals surface area contributed by atoms with Gasteiger partial charge in [0, 0.05) is 12.2 Å². The Morgan fingerprint density at radius 1 is 1.00 bits per heavy atom. The van der Waals surface area contributed by atoms with Crippen LogP contribution in [-0.2, 0) is 30.6 Å². The molecule has 1 unspecified atom stereocenters. The van der Waals surface area contributed by atoms with E-state index in [1.165, 1.54) is 35.1 Å². The van der Waals surface area contributed by atoms with Gasteiger partial charge in [-0.15, -0.1) is 0 Å². The lowest BCUT2D eigenvalue weighted by atomic mass is 9.95. The first-order valence-corrected chi connectivity index (χ1v) is 8.02. The molecule has 0 saturated carbocycles. The van der Waals surface area contributed by atoms with Gasteiger partial charge in [-0.25, -0.2) is 0 Å². The molecular weight excluding hydrogens is 272 g/mol. The van der Waals surface area contributed by atoms with Crippen LogP contribution >= 0.6 is 0 Å². The Labute approximate surface area is 130 Å². The van der Waals surface area contributed by atoms with Crippen molar-refractivity contribution in [3.8, 4) is 0 Å². The van der Waals surface area contributed by atoms with Gasteiger partial charge in [0.15, 0.2) is 0 Å². The van der Waals surface area contributed by atoms with Crippen molar-refractivity contribution in [2.24, 2.45) is 0 Å². The predicted octanol–water partition coefficient (Wildman–Crippen LogP) is 2.83. The van der Waals surface area contributed by atoms with Gasteiger partial charge in [0.1, 0.15) is 0 Å². The van der Waals surface area contributed by atoms with Crippen molar-refractivity contribution < 1.29 is 4.79 Å². The highest BCUT2D eigenvalue weighted by Gasteiger charge is 2.24. The maximum Gasteiger partial charge on any atom is 0.241 e. The highest BCUT2D eigenvalue weighted by atomic mass is 16.2. The summed E-state index contributed by atoms with van der Waals surface area (Å²) >= 11 is 0. The van der Waals surface area contributed by atoms with Crippen LogP contribution in [0.15, 0.2) is 42.5 Å². The molecule has 2 aromatic carbocycles. The molecule has 2 N–H and O–H groups in total. The summed E-state index contributed by atoms with van der Waals surface area (Å²) in [7, 11) is 0. The number of carbonyl (C=O) groups is 1. The lowest BCUT2D eigenvalue weighted by Crippen LogP contribution is -2.44. The molecule has 0 radical (unpaired) electrons. The first-order valence-electron chi connectivity index (χ1n) is 8.02. The van der Waals surface area contributed by atoms with Gasteiger partial charge in [-0.3, -0.25) is 4.79 Å². The fourth-order valence-corrected chi connectivity index (χ4v) is 3.52. The van der Waals surface area contributed by atoms with E-state index in [2.05, 4.69) is 34.9 Å². The van der Waals surface area contributed by atoms with E-state index in [4.69, 9.17) is 0 Å². The molecule has 3 heteroatoms. The van der Waals surface area contributed by atoms with Crippen molar-refractivity contribution in [2.45, 2.75) is 38.3 Å². The first-order chi connectivity index (χ1) is 10.8. The summed E-state index contributed by atoms with van der Waals surface area (Å²) < 4.78 is 0. The molecule has 3 nitrogen and oxygen atoms in total. The minimum atomic E-state index is -0.150. The molecule has 1 amide bonds. The zero-order chi connectivity index (χ0) is 14.9. The number of amides is 1. The Hall–Kier alpha value is -2.13. The number of carbonyl (C=O) groups excluding carboxylic acids is 1. The van der Waals surface area contributed by atoms with E-state index in [9.17, 15) is 4.79 Å². The van der Waals surface area contributed by atoms with Crippen molar-refractivity contribution in [3.05, 3.63) is 64.7 Å². The topological polar surface area (TPSA) is 41.1 Å². The molecule has 1 atom stereocenters. The quantitative estimate of drug-likeness (QED) is 0.893. The highest BCUT2D eigenvalue weighted by molar-refractivity contribution is 5.95. The van der Waals surface area contributed by atoms with E-state index < -0.39 is 0 Å². The maximum atomic E-state index is 12.5. The molecule has 0 saturated heterocycles. The van der Waals surface area contributed by atoms with Crippen LogP contribution in [0.4, 0.5) is 5.69 Å². The van der Waals surface area contributed by atoms with Gasteiger partial charge in [-0.2, -0.15) is 0 Å². The van der Waals surface area contributed by atoms with E-state index in [1.54, 1.807) is 0 Å². The molecule has 1 aliphatic carbocycles. The number of fused-ring (bicyclic) bond motifs is 2. The van der Waals surface area contributed by atoms with Crippen LogP contribution < -0.4 is 10.6 Å². The number of anilines is 1. The predicted molar refractivity (Wildman–Crippen MR) is 87.9 cm³/mol. The lowest BCUT2D eigenvalue weighted by molar-refractivity contribution is -0.118. The smallest absolute Gasteiger partial charge is 0.241 e. The van der Waals surface area contributed by atoms with E-state index in [-0.39, 0.29) is 11.9 Å². The summed E-state index contributed by atoms with van der Waals surface area (Å²) in [6.07, 6.45) is 4.29. The Kier molecular flexibility index (Phi) is 3.43. The standard InChI is InChI=1S/C19H20N2O/c22-19(18-11-15-4-1-2-5-16(15)12-20-18)21-17-9-8-13-6-3-7-14(13)10-17/h1-2,4-5,8-10,18,20H,3,6-7,11-12H2,(H,21,22). The number of hydrogen-bond acceptors (Lipinski definition) is 2. The number of hydrogen-bond donors (Lipinski definition) is 2. The van der Waals surface area contributed by atoms with Gasteiger partial charge in [0.25, 0.3) is 0 Å². The second kappa shape index (κ2) is 5.58. The van der Waals surface area contributed by atoms with Crippen molar-refractivity contribution in [3.63, 3.8) is 0 Å². The minimum Gasteiger partial charge on any atom is -0.325 e. The number of nitrogens with one attached hydrogen (secondary N) is 2. The average Bonchev–Trinajstić information content (AvgIpc) is 3.02. The molecule has 0 aromatic heterocycles. The van der Waals surface area contributed by atoms with Crippen LogP contribution in [0.2, 0.25) is 0 Å². The molecule has 0 fully saturated rings. The van der Waals surface area contributed by atoms with Crippen LogP contribution in [0.25, 0.3) is 0 Å². The van der Waals surface area contributed by atoms with E-state index in [0.717, 1.165) is 25.1 Å². The first kappa shape index (κ1) is 13.5. The van der Waals surface area contributed by atoms with Gasteiger partial charge in [-0.1, -0.05) is 30.3 Å². The third kappa shape index (κ3) is 2.53. The summed E-state index contributed by atoms with van der Waals surface area (Å²) in [5.74, 6) is 0.0625. The highest BCUT2D eigenvalue weighted by Crippen LogP contribution is 2.25. The zero-order valence-corrected chi connectivity index (χ0v) is 12.6. The van der Waals surface area contributed by atoms with Gasteiger partial charge < -0.3 is 10.6 Å². The summed E-state index contributed by atoms with van der Waals surface area (Å²) in [5.41, 5.74) is 6.31. The molecule has 1 heterocycles. The van der Waals surface area contributed by atoms with E-state index in [1.807, 2.05) is 18.2 Å². The van der Waals surface area contributed by atoms with E-state index >= 15 is 0 Å². The summed E-state index contributed by atoms with van der Waals surface area (Å²) in [4.78, 5) is 12.5. The lowest BCUT2D eigenvalue weighted by Gasteiger charge is -2.25. The van der Waals surface area contributed by atoms with Crippen molar-refractivity contribution in [2.75, 3.05) is 5.32 Å². The summed E-state index contributed by atoms with van der Waals surface area (Å²) in [6, 6.07) is 14.5.